The first-order chi connectivity index (χ1) is 11.7. The zero-order chi connectivity index (χ0) is 18.5. The van der Waals surface area contributed by atoms with Gasteiger partial charge in [0.1, 0.15) is 0 Å². The fourth-order valence-electron chi connectivity index (χ4n) is 3.69. The number of halogens is 3. The van der Waals surface area contributed by atoms with Gasteiger partial charge in [0, 0.05) is 31.1 Å². The van der Waals surface area contributed by atoms with Crippen LogP contribution in [0, 0.1) is 5.41 Å². The second-order valence-electron chi connectivity index (χ2n) is 7.59. The maximum atomic E-state index is 12.5. The number of aliphatic imine (C=N–C) groups is 1. The molecule has 25 heavy (non-hydrogen) atoms. The molecule has 1 heterocycles. The number of aliphatic hydroxyl groups is 1. The van der Waals surface area contributed by atoms with Crippen LogP contribution in [0.1, 0.15) is 46.0 Å². The molecule has 2 rings (SSSR count). The van der Waals surface area contributed by atoms with E-state index in [9.17, 15) is 18.3 Å². The van der Waals surface area contributed by atoms with E-state index in [-0.39, 0.29) is 17.6 Å². The third-order valence-corrected chi connectivity index (χ3v) is 5.24. The Kier molecular flexibility index (Phi) is 6.96. The van der Waals surface area contributed by atoms with Crippen LogP contribution in [-0.4, -0.2) is 67.0 Å². The maximum Gasteiger partial charge on any atom is 0.401 e. The molecule has 3 atom stereocenters. The lowest BCUT2D eigenvalue weighted by Crippen LogP contribution is -2.46. The van der Waals surface area contributed by atoms with E-state index in [0.717, 1.165) is 25.7 Å². The molecule has 1 saturated carbocycles. The van der Waals surface area contributed by atoms with E-state index in [4.69, 9.17) is 0 Å². The summed E-state index contributed by atoms with van der Waals surface area (Å²) in [6.45, 7) is 5.16. The van der Waals surface area contributed by atoms with Gasteiger partial charge in [-0.15, -0.1) is 0 Å². The third-order valence-electron chi connectivity index (χ3n) is 5.24. The average Bonchev–Trinajstić information content (AvgIpc) is 2.93. The molecular formula is C17H31F3N4O. The van der Waals surface area contributed by atoms with Gasteiger partial charge in [-0.1, -0.05) is 19.8 Å². The Morgan fingerprint density at radius 2 is 2.08 bits per heavy atom. The van der Waals surface area contributed by atoms with Crippen LogP contribution >= 0.6 is 0 Å². The summed E-state index contributed by atoms with van der Waals surface area (Å²) in [5.74, 6) is 0.625. The lowest BCUT2D eigenvalue weighted by Gasteiger charge is -2.37. The largest absolute Gasteiger partial charge is 0.401 e. The Hall–Kier alpha value is -1.02. The standard InChI is InChI=1S/C17H31F3N4O/c1-3-21-15(22-11-16(2)8-5-4-6-14(16)25)23-13-7-9-24(10-13)12-17(18,19)20/h13-14,25H,3-12H2,1-2H3,(H2,21,22,23). The molecule has 146 valence electrons. The molecule has 5 nitrogen and oxygen atoms in total. The molecule has 1 saturated heterocycles. The number of guanidine groups is 1. The van der Waals surface area contributed by atoms with Gasteiger partial charge in [0.15, 0.2) is 5.96 Å². The van der Waals surface area contributed by atoms with Crippen LogP contribution in [0.2, 0.25) is 0 Å². The zero-order valence-corrected chi connectivity index (χ0v) is 15.2. The van der Waals surface area contributed by atoms with Gasteiger partial charge >= 0.3 is 6.18 Å². The Morgan fingerprint density at radius 3 is 2.72 bits per heavy atom. The monoisotopic (exact) mass is 364 g/mol. The van der Waals surface area contributed by atoms with Gasteiger partial charge in [0.25, 0.3) is 0 Å². The summed E-state index contributed by atoms with van der Waals surface area (Å²) in [4.78, 5) is 6.04. The van der Waals surface area contributed by atoms with Crippen LogP contribution in [-0.2, 0) is 0 Å². The highest BCUT2D eigenvalue weighted by molar-refractivity contribution is 5.80. The normalized spacial score (nSPS) is 32.0. The molecule has 0 radical (unpaired) electrons. The molecule has 0 amide bonds. The minimum absolute atomic E-state index is 0.0377. The fourth-order valence-corrected chi connectivity index (χ4v) is 3.69. The number of hydrogen-bond acceptors (Lipinski definition) is 3. The van der Waals surface area contributed by atoms with Crippen LogP contribution in [0.5, 0.6) is 0 Å². The van der Waals surface area contributed by atoms with Crippen molar-refractivity contribution in [3.8, 4) is 0 Å². The van der Waals surface area contributed by atoms with Crippen molar-refractivity contribution in [2.45, 2.75) is 64.3 Å². The molecule has 0 aromatic carbocycles. The zero-order valence-electron chi connectivity index (χ0n) is 15.2. The first-order valence-electron chi connectivity index (χ1n) is 9.24. The highest BCUT2D eigenvalue weighted by Crippen LogP contribution is 2.36. The summed E-state index contributed by atoms with van der Waals surface area (Å²) in [7, 11) is 0. The van der Waals surface area contributed by atoms with Crippen molar-refractivity contribution in [1.29, 1.82) is 0 Å². The Bertz CT molecular complexity index is 458. The lowest BCUT2D eigenvalue weighted by atomic mass is 9.73. The predicted octanol–water partition coefficient (Wildman–Crippen LogP) is 2.12. The highest BCUT2D eigenvalue weighted by Gasteiger charge is 2.36. The average molecular weight is 364 g/mol. The van der Waals surface area contributed by atoms with Crippen molar-refractivity contribution in [3.05, 3.63) is 0 Å². The Balaban J connectivity index is 1.90. The number of alkyl halides is 3. The van der Waals surface area contributed by atoms with Crippen molar-refractivity contribution in [3.63, 3.8) is 0 Å². The number of hydrogen-bond donors (Lipinski definition) is 3. The van der Waals surface area contributed by atoms with Crippen molar-refractivity contribution in [1.82, 2.24) is 15.5 Å². The van der Waals surface area contributed by atoms with E-state index in [1.165, 1.54) is 4.90 Å². The summed E-state index contributed by atoms with van der Waals surface area (Å²) in [6, 6.07) is -0.0377. The minimum atomic E-state index is -4.15. The maximum absolute atomic E-state index is 12.5. The summed E-state index contributed by atoms with van der Waals surface area (Å²) < 4.78 is 37.5. The second-order valence-corrected chi connectivity index (χ2v) is 7.59. The second kappa shape index (κ2) is 8.58. The fraction of sp³-hybridized carbons (Fsp3) is 0.941. The Morgan fingerprint density at radius 1 is 1.32 bits per heavy atom. The Labute approximate surface area is 148 Å². The first kappa shape index (κ1) is 20.3. The molecule has 3 N–H and O–H groups in total. The number of likely N-dealkylation sites (tertiary alicyclic amines) is 1. The third kappa shape index (κ3) is 6.33. The summed E-state index contributed by atoms with van der Waals surface area (Å²) in [5.41, 5.74) is -0.224. The van der Waals surface area contributed by atoms with Gasteiger partial charge in [-0.05, 0) is 26.2 Å². The van der Waals surface area contributed by atoms with E-state index in [1.807, 2.05) is 6.92 Å². The van der Waals surface area contributed by atoms with Crippen LogP contribution in [0.4, 0.5) is 13.2 Å². The van der Waals surface area contributed by atoms with Gasteiger partial charge in [-0.3, -0.25) is 9.89 Å². The van der Waals surface area contributed by atoms with E-state index >= 15 is 0 Å². The van der Waals surface area contributed by atoms with Crippen molar-refractivity contribution in [2.24, 2.45) is 10.4 Å². The SMILES string of the molecule is CCNC(=NCC1(C)CCCCC1O)NC1CCN(CC(F)(F)F)C1. The first-order valence-corrected chi connectivity index (χ1v) is 9.24. The summed E-state index contributed by atoms with van der Waals surface area (Å²) in [6.07, 6.45) is 0.0734. The summed E-state index contributed by atoms with van der Waals surface area (Å²) in [5, 5.41) is 16.7. The smallest absolute Gasteiger partial charge is 0.392 e. The van der Waals surface area contributed by atoms with Gasteiger partial charge in [0.05, 0.1) is 19.2 Å². The molecule has 8 heteroatoms. The molecule has 0 spiro atoms. The van der Waals surface area contributed by atoms with Gasteiger partial charge in [-0.2, -0.15) is 13.2 Å². The van der Waals surface area contributed by atoms with E-state index in [0.29, 0.717) is 38.6 Å². The van der Waals surface area contributed by atoms with Crippen LogP contribution in [0.3, 0.4) is 0 Å². The molecule has 0 aromatic heterocycles. The quantitative estimate of drug-likeness (QED) is 0.517. The highest BCUT2D eigenvalue weighted by atomic mass is 19.4. The van der Waals surface area contributed by atoms with Crippen LogP contribution < -0.4 is 10.6 Å². The van der Waals surface area contributed by atoms with Crippen molar-refractivity contribution < 1.29 is 18.3 Å². The number of rotatable bonds is 5. The van der Waals surface area contributed by atoms with Crippen molar-refractivity contribution >= 4 is 5.96 Å². The van der Waals surface area contributed by atoms with Gasteiger partial charge < -0.3 is 15.7 Å². The molecule has 1 aliphatic heterocycles. The van der Waals surface area contributed by atoms with Crippen molar-refractivity contribution in [2.75, 3.05) is 32.7 Å². The minimum Gasteiger partial charge on any atom is -0.392 e. The van der Waals surface area contributed by atoms with E-state index in [1.54, 1.807) is 0 Å². The van der Waals surface area contributed by atoms with Crippen LogP contribution in [0.15, 0.2) is 4.99 Å². The molecule has 3 unspecified atom stereocenters. The van der Waals surface area contributed by atoms with E-state index < -0.39 is 12.7 Å². The van der Waals surface area contributed by atoms with Crippen LogP contribution in [0.25, 0.3) is 0 Å². The molecule has 2 fully saturated rings. The molecule has 0 aromatic rings. The molecule has 2 aliphatic rings. The van der Waals surface area contributed by atoms with E-state index in [2.05, 4.69) is 22.5 Å². The molecule has 1 aliphatic carbocycles. The van der Waals surface area contributed by atoms with Gasteiger partial charge in [-0.25, -0.2) is 0 Å². The predicted molar refractivity (Wildman–Crippen MR) is 92.6 cm³/mol. The summed E-state index contributed by atoms with van der Waals surface area (Å²) >= 11 is 0. The number of aliphatic hydroxyl groups excluding tert-OH is 1. The lowest BCUT2D eigenvalue weighted by molar-refractivity contribution is -0.143. The molecular weight excluding hydrogens is 333 g/mol. The number of nitrogens with one attached hydrogen (secondary N) is 2. The topological polar surface area (TPSA) is 59.9 Å². The number of nitrogens with zero attached hydrogens (tertiary/aromatic N) is 2. The molecule has 0 bridgehead atoms. The van der Waals surface area contributed by atoms with Gasteiger partial charge in [0.2, 0.25) is 0 Å².